The number of hydrogen-bond acceptors (Lipinski definition) is 4. The van der Waals surface area contributed by atoms with E-state index in [0.717, 1.165) is 44.0 Å². The second-order valence-electron chi connectivity index (χ2n) is 5.50. The fraction of sp³-hybridized carbons (Fsp3) is 0.500. The lowest BCUT2D eigenvalue weighted by atomic mass is 9.92. The maximum atomic E-state index is 5.80. The lowest BCUT2D eigenvalue weighted by Crippen LogP contribution is -2.31. The van der Waals surface area contributed by atoms with E-state index in [-0.39, 0.29) is 0 Å². The Hall–Kier alpha value is -1.68. The van der Waals surface area contributed by atoms with Crippen LogP contribution in [0, 0.1) is 0 Å². The first-order valence-electron chi connectivity index (χ1n) is 7.34. The first-order valence-corrected chi connectivity index (χ1v) is 7.34. The number of benzene rings is 1. The lowest BCUT2D eigenvalue weighted by Gasteiger charge is -2.22. The first kappa shape index (κ1) is 13.3. The highest BCUT2D eigenvalue weighted by atomic mass is 16.5. The van der Waals surface area contributed by atoms with Gasteiger partial charge in [0, 0.05) is 13.2 Å². The van der Waals surface area contributed by atoms with Gasteiger partial charge in [-0.1, -0.05) is 12.1 Å². The predicted molar refractivity (Wildman–Crippen MR) is 78.5 cm³/mol. The van der Waals surface area contributed by atoms with Crippen LogP contribution in [0.15, 0.2) is 36.2 Å². The molecule has 0 saturated carbocycles. The van der Waals surface area contributed by atoms with Gasteiger partial charge in [-0.05, 0) is 49.0 Å². The van der Waals surface area contributed by atoms with Gasteiger partial charge in [-0.15, -0.1) is 0 Å². The van der Waals surface area contributed by atoms with Gasteiger partial charge < -0.3 is 20.5 Å². The molecule has 1 saturated heterocycles. The Morgan fingerprint density at radius 3 is 2.60 bits per heavy atom. The summed E-state index contributed by atoms with van der Waals surface area (Å²) in [5.41, 5.74) is 7.07. The summed E-state index contributed by atoms with van der Waals surface area (Å²) >= 11 is 0. The van der Waals surface area contributed by atoms with Crippen LogP contribution in [0.4, 0.5) is 0 Å². The molecule has 1 unspecified atom stereocenters. The van der Waals surface area contributed by atoms with Crippen LogP contribution in [-0.2, 0) is 4.74 Å². The molecule has 4 nitrogen and oxygen atoms in total. The minimum absolute atomic E-state index is 0.296. The molecule has 4 heteroatoms. The molecule has 3 rings (SSSR count). The summed E-state index contributed by atoms with van der Waals surface area (Å²) in [6, 6.07) is 8.79. The molecule has 1 aromatic rings. The van der Waals surface area contributed by atoms with Gasteiger partial charge in [-0.3, -0.25) is 0 Å². The van der Waals surface area contributed by atoms with Crippen molar-refractivity contribution in [3.8, 4) is 5.75 Å². The van der Waals surface area contributed by atoms with Crippen molar-refractivity contribution in [3.05, 3.63) is 41.7 Å². The first-order chi connectivity index (χ1) is 9.81. The minimum atomic E-state index is 0.296. The topological polar surface area (TPSA) is 56.5 Å². The Morgan fingerprint density at radius 1 is 1.20 bits per heavy atom. The summed E-state index contributed by atoms with van der Waals surface area (Å²) in [6.45, 7) is 2.41. The number of rotatable bonds is 4. The summed E-state index contributed by atoms with van der Waals surface area (Å²) in [4.78, 5) is 0. The third-order valence-electron chi connectivity index (χ3n) is 4.02. The van der Waals surface area contributed by atoms with Gasteiger partial charge in [0.2, 0.25) is 0 Å². The molecule has 2 heterocycles. The molecule has 0 radical (unpaired) electrons. The fourth-order valence-corrected chi connectivity index (χ4v) is 2.80. The summed E-state index contributed by atoms with van der Waals surface area (Å²) in [6.07, 6.45) is 5.18. The van der Waals surface area contributed by atoms with Crippen molar-refractivity contribution < 1.29 is 9.47 Å². The summed E-state index contributed by atoms with van der Waals surface area (Å²) in [5, 5.41) is 3.19. The van der Waals surface area contributed by atoms with Gasteiger partial charge in [0.1, 0.15) is 12.4 Å². The Labute approximate surface area is 119 Å². The van der Waals surface area contributed by atoms with Crippen molar-refractivity contribution >= 4 is 0 Å². The van der Waals surface area contributed by atoms with Crippen LogP contribution in [0.25, 0.3) is 0 Å². The van der Waals surface area contributed by atoms with E-state index in [2.05, 4.69) is 29.6 Å². The van der Waals surface area contributed by atoms with Gasteiger partial charge >= 0.3 is 0 Å². The van der Waals surface area contributed by atoms with E-state index in [9.17, 15) is 0 Å². The smallest absolute Gasteiger partial charge is 0.119 e. The van der Waals surface area contributed by atoms with Crippen LogP contribution in [0.3, 0.4) is 0 Å². The molecular weight excluding hydrogens is 252 g/mol. The fourth-order valence-electron chi connectivity index (χ4n) is 2.80. The van der Waals surface area contributed by atoms with Crippen molar-refractivity contribution in [2.75, 3.05) is 19.8 Å². The van der Waals surface area contributed by atoms with E-state index in [1.165, 1.54) is 5.56 Å². The number of nitrogens with one attached hydrogen (secondary N) is 1. The highest BCUT2D eigenvalue weighted by molar-refractivity contribution is 5.29. The summed E-state index contributed by atoms with van der Waals surface area (Å²) < 4.78 is 11.2. The molecule has 2 aliphatic rings. The standard InChI is InChI=1S/C16H22N2O2/c17-16-6-3-14(18-16)11-20-15-4-1-12(2-5-15)13-7-9-19-10-8-13/h1-2,4-6,13-14,18H,3,7-11,17H2. The van der Waals surface area contributed by atoms with E-state index in [1.54, 1.807) is 0 Å². The van der Waals surface area contributed by atoms with Crippen LogP contribution in [0.2, 0.25) is 0 Å². The van der Waals surface area contributed by atoms with Crippen molar-refractivity contribution in [2.24, 2.45) is 5.73 Å². The molecule has 0 aliphatic carbocycles. The quantitative estimate of drug-likeness (QED) is 0.883. The van der Waals surface area contributed by atoms with E-state index in [0.29, 0.717) is 18.6 Å². The lowest BCUT2D eigenvalue weighted by molar-refractivity contribution is 0.0853. The Morgan fingerprint density at radius 2 is 1.95 bits per heavy atom. The molecule has 108 valence electrons. The van der Waals surface area contributed by atoms with Crippen molar-refractivity contribution in [3.63, 3.8) is 0 Å². The molecule has 3 N–H and O–H groups in total. The molecular formula is C16H22N2O2. The van der Waals surface area contributed by atoms with Crippen molar-refractivity contribution in [1.82, 2.24) is 5.32 Å². The third kappa shape index (κ3) is 3.25. The maximum Gasteiger partial charge on any atom is 0.119 e. The van der Waals surface area contributed by atoms with Gasteiger partial charge in [0.25, 0.3) is 0 Å². The normalized spacial score (nSPS) is 23.2. The van der Waals surface area contributed by atoms with Gasteiger partial charge in [-0.2, -0.15) is 0 Å². The molecule has 1 aromatic carbocycles. The van der Waals surface area contributed by atoms with Crippen LogP contribution in [0.1, 0.15) is 30.7 Å². The van der Waals surface area contributed by atoms with Crippen LogP contribution < -0.4 is 15.8 Å². The molecule has 20 heavy (non-hydrogen) atoms. The van der Waals surface area contributed by atoms with E-state index in [4.69, 9.17) is 15.2 Å². The molecule has 2 aliphatic heterocycles. The molecule has 0 bridgehead atoms. The van der Waals surface area contributed by atoms with E-state index >= 15 is 0 Å². The minimum Gasteiger partial charge on any atom is -0.491 e. The largest absolute Gasteiger partial charge is 0.491 e. The predicted octanol–water partition coefficient (Wildman–Crippen LogP) is 2.12. The van der Waals surface area contributed by atoms with Crippen LogP contribution >= 0.6 is 0 Å². The van der Waals surface area contributed by atoms with Gasteiger partial charge in [0.15, 0.2) is 0 Å². The monoisotopic (exact) mass is 274 g/mol. The highest BCUT2D eigenvalue weighted by Crippen LogP contribution is 2.28. The Balaban J connectivity index is 1.51. The molecule has 0 spiro atoms. The van der Waals surface area contributed by atoms with Gasteiger partial charge in [-0.25, -0.2) is 0 Å². The van der Waals surface area contributed by atoms with Crippen LogP contribution in [-0.4, -0.2) is 25.9 Å². The molecule has 1 fully saturated rings. The average molecular weight is 274 g/mol. The second-order valence-corrected chi connectivity index (χ2v) is 5.50. The molecule has 1 atom stereocenters. The Bertz CT molecular complexity index is 464. The van der Waals surface area contributed by atoms with Crippen molar-refractivity contribution in [1.29, 1.82) is 0 Å². The van der Waals surface area contributed by atoms with E-state index < -0.39 is 0 Å². The average Bonchev–Trinajstić information content (AvgIpc) is 2.92. The SMILES string of the molecule is NC1=CCC(COc2ccc(C3CCOCC3)cc2)N1. The highest BCUT2D eigenvalue weighted by Gasteiger charge is 2.16. The Kier molecular flexibility index (Phi) is 4.11. The van der Waals surface area contributed by atoms with Gasteiger partial charge in [0.05, 0.1) is 11.9 Å². The molecule has 0 aromatic heterocycles. The summed E-state index contributed by atoms with van der Waals surface area (Å²) in [5.74, 6) is 2.32. The second kappa shape index (κ2) is 6.18. The maximum absolute atomic E-state index is 5.80. The third-order valence-corrected chi connectivity index (χ3v) is 4.02. The van der Waals surface area contributed by atoms with Crippen LogP contribution in [0.5, 0.6) is 5.75 Å². The van der Waals surface area contributed by atoms with Crippen molar-refractivity contribution in [2.45, 2.75) is 31.2 Å². The zero-order valence-electron chi connectivity index (χ0n) is 11.7. The zero-order valence-corrected chi connectivity index (χ0v) is 11.7. The molecule has 0 amide bonds. The number of hydrogen-bond donors (Lipinski definition) is 2. The van der Waals surface area contributed by atoms with E-state index in [1.807, 2.05) is 6.08 Å². The summed E-state index contributed by atoms with van der Waals surface area (Å²) in [7, 11) is 0. The zero-order chi connectivity index (χ0) is 13.8. The number of nitrogens with two attached hydrogens (primary N) is 1. The number of ether oxygens (including phenoxy) is 2.